The molecule has 1 unspecified atom stereocenters. The maximum Gasteiger partial charge on any atom is 0 e. The minimum absolute atomic E-state index is 0. The van der Waals surface area contributed by atoms with Crippen LogP contribution in [0, 0.1) is 11.8 Å². The Morgan fingerprint density at radius 1 is 1.36 bits per heavy atom. The molecule has 1 heteroatoms. The second-order valence-corrected chi connectivity index (χ2v) is 3.50. The van der Waals surface area contributed by atoms with Gasteiger partial charge in [0.25, 0.3) is 0 Å². The van der Waals surface area contributed by atoms with Crippen LogP contribution >= 0.6 is 0 Å². The van der Waals surface area contributed by atoms with Crippen molar-refractivity contribution < 1.29 is 26.2 Å². The predicted octanol–water partition coefficient (Wildman–Crippen LogP) is 3.16. The fourth-order valence-corrected chi connectivity index (χ4v) is 1.22. The van der Waals surface area contributed by atoms with Crippen molar-refractivity contribution in [2.24, 2.45) is 11.8 Å². The summed E-state index contributed by atoms with van der Waals surface area (Å²) in [7, 11) is 0. The zero-order chi connectivity index (χ0) is 7.72. The Kier molecular flexibility index (Phi) is 4.55. The second kappa shape index (κ2) is 4.40. The van der Waals surface area contributed by atoms with Crippen LogP contribution in [0.5, 0.6) is 0 Å². The number of hydrogen-bond acceptors (Lipinski definition) is 0. The molecule has 0 saturated heterocycles. The Morgan fingerprint density at radius 2 is 1.91 bits per heavy atom. The van der Waals surface area contributed by atoms with Gasteiger partial charge < -0.3 is 0 Å². The molecule has 0 nitrogen and oxygen atoms in total. The monoisotopic (exact) mass is 226 g/mol. The molecule has 0 aromatic rings. The molecule has 0 spiro atoms. The first-order chi connectivity index (χ1) is 4.61. The molecule has 1 rings (SSSR count). The van der Waals surface area contributed by atoms with Gasteiger partial charge in [-0.2, -0.15) is 0 Å². The smallest absolute Gasteiger partial charge is 0 e. The topological polar surface area (TPSA) is 0 Å². The molecule has 0 amide bonds. The van der Waals surface area contributed by atoms with E-state index in [0.29, 0.717) is 11.8 Å². The maximum absolute atomic E-state index is 2.36. The predicted molar refractivity (Wildman–Crippen MR) is 45.8 cm³/mol. The van der Waals surface area contributed by atoms with Crippen molar-refractivity contribution in [1.82, 2.24) is 0 Å². The van der Waals surface area contributed by atoms with Gasteiger partial charge in [0.15, 0.2) is 0 Å². The van der Waals surface area contributed by atoms with Gasteiger partial charge in [-0.1, -0.05) is 38.5 Å². The zero-order valence-electron chi connectivity index (χ0n) is 7.81. The van der Waals surface area contributed by atoms with Crippen molar-refractivity contribution in [1.29, 1.82) is 0 Å². The van der Waals surface area contributed by atoms with Crippen LogP contribution in [0.1, 0.15) is 27.7 Å². The van der Waals surface area contributed by atoms with Gasteiger partial charge in [-0.15, -0.1) is 0 Å². The van der Waals surface area contributed by atoms with Crippen LogP contribution in [-0.4, -0.2) is 0 Å². The molecule has 0 heterocycles. The van der Waals surface area contributed by atoms with Gasteiger partial charge in [0.1, 0.15) is 0 Å². The molecule has 0 fully saturated rings. The minimum atomic E-state index is 0. The van der Waals surface area contributed by atoms with Crippen molar-refractivity contribution in [3.63, 3.8) is 0 Å². The second-order valence-electron chi connectivity index (χ2n) is 3.50. The molecule has 1 aliphatic rings. The van der Waals surface area contributed by atoms with Crippen molar-refractivity contribution in [2.75, 3.05) is 0 Å². The number of rotatable bonds is 1. The minimum Gasteiger partial charge on any atom is -0.0741 e. The van der Waals surface area contributed by atoms with Crippen LogP contribution in [0.25, 0.3) is 0 Å². The van der Waals surface area contributed by atoms with Gasteiger partial charge in [0, 0.05) is 26.2 Å². The molecule has 0 bridgehead atoms. The molecule has 0 aliphatic heterocycles. The van der Waals surface area contributed by atoms with E-state index in [9.17, 15) is 0 Å². The normalized spacial score (nSPS) is 22.8. The van der Waals surface area contributed by atoms with Crippen molar-refractivity contribution in [3.05, 3.63) is 23.3 Å². The first-order valence-electron chi connectivity index (χ1n) is 4.01. The fraction of sp³-hybridized carbons (Fsp3) is 0.600. The van der Waals surface area contributed by atoms with Crippen LogP contribution in [0.4, 0.5) is 0 Å². The first kappa shape index (κ1) is 11.4. The number of allylic oxidation sites excluding steroid dienone is 4. The zero-order valence-corrected chi connectivity index (χ0v) is 10.3. The Labute approximate surface area is 88.9 Å². The summed E-state index contributed by atoms with van der Waals surface area (Å²) >= 11 is 0. The molecule has 1 atom stereocenters. The SMILES string of the molecule is CC1=CC(C(C)C)=CC1C.[Zr]. The summed E-state index contributed by atoms with van der Waals surface area (Å²) < 4.78 is 0. The van der Waals surface area contributed by atoms with Gasteiger partial charge in [-0.25, -0.2) is 0 Å². The Hall–Kier alpha value is 0.363. The largest absolute Gasteiger partial charge is 0.0741 e. The Morgan fingerprint density at radius 3 is 2.09 bits per heavy atom. The van der Waals surface area contributed by atoms with Gasteiger partial charge in [-0.05, 0) is 24.3 Å². The van der Waals surface area contributed by atoms with Gasteiger partial charge in [-0.3, -0.25) is 0 Å². The van der Waals surface area contributed by atoms with E-state index in [1.54, 1.807) is 0 Å². The first-order valence-corrected chi connectivity index (χ1v) is 4.01. The summed E-state index contributed by atoms with van der Waals surface area (Å²) in [5.74, 6) is 1.37. The molecule has 0 saturated carbocycles. The molecule has 0 radical (unpaired) electrons. The molecular formula is C10H16Zr. The van der Waals surface area contributed by atoms with E-state index in [2.05, 4.69) is 39.8 Å². The van der Waals surface area contributed by atoms with Crippen LogP contribution in [0.15, 0.2) is 23.3 Å². The molecule has 60 valence electrons. The average Bonchev–Trinajstić information content (AvgIpc) is 2.13. The third kappa shape index (κ3) is 2.71. The third-order valence-corrected chi connectivity index (χ3v) is 2.22. The fourth-order valence-electron chi connectivity index (χ4n) is 1.22. The van der Waals surface area contributed by atoms with E-state index < -0.39 is 0 Å². The van der Waals surface area contributed by atoms with E-state index in [1.165, 1.54) is 11.1 Å². The summed E-state index contributed by atoms with van der Waals surface area (Å²) in [6.45, 7) is 8.94. The summed E-state index contributed by atoms with van der Waals surface area (Å²) in [5.41, 5.74) is 3.01. The van der Waals surface area contributed by atoms with Gasteiger partial charge in [0.2, 0.25) is 0 Å². The van der Waals surface area contributed by atoms with E-state index in [1.807, 2.05) is 0 Å². The van der Waals surface area contributed by atoms with Crippen molar-refractivity contribution in [2.45, 2.75) is 27.7 Å². The van der Waals surface area contributed by atoms with Gasteiger partial charge >= 0.3 is 0 Å². The van der Waals surface area contributed by atoms with Crippen LogP contribution in [0.2, 0.25) is 0 Å². The Balaban J connectivity index is 0.000001000. The molecule has 0 N–H and O–H groups in total. The maximum atomic E-state index is 2.36. The van der Waals surface area contributed by atoms with Crippen LogP contribution in [0.3, 0.4) is 0 Å². The van der Waals surface area contributed by atoms with E-state index in [-0.39, 0.29) is 26.2 Å². The summed E-state index contributed by atoms with van der Waals surface area (Å²) in [5, 5.41) is 0. The standard InChI is InChI=1S/C10H16.Zr/c1-7(2)10-5-8(3)9(4)6-10;/h5-8H,1-4H3;. The Bertz CT molecular complexity index is 187. The third-order valence-electron chi connectivity index (χ3n) is 2.22. The van der Waals surface area contributed by atoms with Crippen LogP contribution < -0.4 is 0 Å². The van der Waals surface area contributed by atoms with E-state index in [0.717, 1.165) is 0 Å². The summed E-state index contributed by atoms with van der Waals surface area (Å²) in [6.07, 6.45) is 4.68. The van der Waals surface area contributed by atoms with E-state index >= 15 is 0 Å². The van der Waals surface area contributed by atoms with E-state index in [4.69, 9.17) is 0 Å². The van der Waals surface area contributed by atoms with Crippen LogP contribution in [-0.2, 0) is 26.2 Å². The molecule has 11 heavy (non-hydrogen) atoms. The van der Waals surface area contributed by atoms with Crippen molar-refractivity contribution >= 4 is 0 Å². The number of hydrogen-bond donors (Lipinski definition) is 0. The molecule has 0 aromatic heterocycles. The van der Waals surface area contributed by atoms with Crippen molar-refractivity contribution in [3.8, 4) is 0 Å². The molecular weight excluding hydrogens is 211 g/mol. The summed E-state index contributed by atoms with van der Waals surface area (Å²) in [6, 6.07) is 0. The molecule has 1 aliphatic carbocycles. The average molecular weight is 227 g/mol. The quantitative estimate of drug-likeness (QED) is 0.645. The van der Waals surface area contributed by atoms with Gasteiger partial charge in [0.05, 0.1) is 0 Å². The molecule has 0 aromatic carbocycles. The summed E-state index contributed by atoms with van der Waals surface area (Å²) in [4.78, 5) is 0.